The van der Waals surface area contributed by atoms with Crippen LogP contribution in [0.1, 0.15) is 26.2 Å². The topological polar surface area (TPSA) is 35.2 Å². The maximum atomic E-state index is 4.86. The molecule has 0 radical (unpaired) electrons. The molecule has 0 aliphatic heterocycles. The van der Waals surface area contributed by atoms with Gasteiger partial charge in [0.05, 0.1) is 6.61 Å². The lowest BCUT2D eigenvalue weighted by Crippen LogP contribution is -2.05. The van der Waals surface area contributed by atoms with Gasteiger partial charge in [-0.15, -0.1) is 0 Å². The van der Waals surface area contributed by atoms with E-state index in [1.54, 1.807) is 0 Å². The summed E-state index contributed by atoms with van der Waals surface area (Å²) in [5, 5.41) is 0. The minimum atomic E-state index is 0.597. The summed E-state index contributed by atoms with van der Waals surface area (Å²) >= 11 is 0. The average molecular weight is 115 g/mol. The van der Waals surface area contributed by atoms with Gasteiger partial charge in [-0.3, -0.25) is 0 Å². The molecule has 0 aromatic heterocycles. The Morgan fingerprint density at radius 3 is 2.62 bits per heavy atom. The van der Waals surface area contributed by atoms with E-state index in [1.807, 2.05) is 0 Å². The predicted octanol–water partition coefficient (Wildman–Crippen LogP) is 1.07. The minimum Gasteiger partial charge on any atom is -0.305 e. The molecule has 48 valence electrons. The van der Waals surface area contributed by atoms with Crippen molar-refractivity contribution in [2.75, 3.05) is 6.61 Å². The Balaban J connectivity index is 2.01. The normalized spacial score (nSPS) is 23.2. The standard InChI is InChI=1S/C6H13NO/c1-6(2-3-6)4-5-8-7/h2-5,7H2,1H3. The van der Waals surface area contributed by atoms with E-state index in [9.17, 15) is 0 Å². The van der Waals surface area contributed by atoms with Gasteiger partial charge < -0.3 is 4.84 Å². The van der Waals surface area contributed by atoms with Crippen molar-refractivity contribution in [1.82, 2.24) is 0 Å². The second-order valence-corrected chi connectivity index (χ2v) is 2.93. The van der Waals surface area contributed by atoms with Crippen molar-refractivity contribution in [3.05, 3.63) is 0 Å². The molecule has 0 aromatic carbocycles. The van der Waals surface area contributed by atoms with Gasteiger partial charge in [0.25, 0.3) is 0 Å². The molecular weight excluding hydrogens is 102 g/mol. The highest BCUT2D eigenvalue weighted by atomic mass is 16.6. The van der Waals surface area contributed by atoms with Crippen LogP contribution in [0.25, 0.3) is 0 Å². The van der Waals surface area contributed by atoms with Crippen LogP contribution in [0, 0.1) is 5.41 Å². The van der Waals surface area contributed by atoms with Crippen LogP contribution in [0.4, 0.5) is 0 Å². The molecule has 8 heavy (non-hydrogen) atoms. The molecule has 1 rings (SSSR count). The summed E-state index contributed by atoms with van der Waals surface area (Å²) in [6, 6.07) is 0. The van der Waals surface area contributed by atoms with Crippen molar-refractivity contribution in [3.8, 4) is 0 Å². The molecule has 0 heterocycles. The number of hydrogen-bond donors (Lipinski definition) is 1. The average Bonchev–Trinajstić information content (AvgIpc) is 2.45. The molecule has 2 nitrogen and oxygen atoms in total. The summed E-state index contributed by atoms with van der Waals surface area (Å²) in [5.74, 6) is 4.86. The maximum Gasteiger partial charge on any atom is 0.0684 e. The molecule has 1 fully saturated rings. The SMILES string of the molecule is CC1(CCON)CC1. The highest BCUT2D eigenvalue weighted by Crippen LogP contribution is 2.47. The van der Waals surface area contributed by atoms with Crippen molar-refractivity contribution in [2.45, 2.75) is 26.2 Å². The Morgan fingerprint density at radius 1 is 1.62 bits per heavy atom. The summed E-state index contributed by atoms with van der Waals surface area (Å²) in [6.07, 6.45) is 3.84. The summed E-state index contributed by atoms with van der Waals surface area (Å²) in [6.45, 7) is 2.99. The van der Waals surface area contributed by atoms with Crippen LogP contribution < -0.4 is 5.90 Å². The molecule has 0 saturated heterocycles. The lowest BCUT2D eigenvalue weighted by molar-refractivity contribution is 0.122. The molecule has 0 atom stereocenters. The lowest BCUT2D eigenvalue weighted by Gasteiger charge is -2.03. The van der Waals surface area contributed by atoms with Crippen molar-refractivity contribution >= 4 is 0 Å². The summed E-state index contributed by atoms with van der Waals surface area (Å²) in [7, 11) is 0. The second kappa shape index (κ2) is 2.03. The van der Waals surface area contributed by atoms with Crippen molar-refractivity contribution in [3.63, 3.8) is 0 Å². The van der Waals surface area contributed by atoms with Gasteiger partial charge >= 0.3 is 0 Å². The zero-order valence-corrected chi connectivity index (χ0v) is 5.31. The van der Waals surface area contributed by atoms with E-state index in [1.165, 1.54) is 12.8 Å². The summed E-state index contributed by atoms with van der Waals surface area (Å²) < 4.78 is 0. The second-order valence-electron chi connectivity index (χ2n) is 2.93. The van der Waals surface area contributed by atoms with Crippen LogP contribution in [0.15, 0.2) is 0 Å². The van der Waals surface area contributed by atoms with E-state index in [4.69, 9.17) is 5.90 Å². The quantitative estimate of drug-likeness (QED) is 0.558. The van der Waals surface area contributed by atoms with Crippen LogP contribution in [-0.4, -0.2) is 6.61 Å². The molecule has 2 heteroatoms. The maximum absolute atomic E-state index is 4.86. The van der Waals surface area contributed by atoms with E-state index < -0.39 is 0 Å². The van der Waals surface area contributed by atoms with E-state index in [0.29, 0.717) is 5.41 Å². The van der Waals surface area contributed by atoms with Crippen LogP contribution in [0.3, 0.4) is 0 Å². The highest BCUT2D eigenvalue weighted by molar-refractivity contribution is 4.87. The Hall–Kier alpha value is -0.0800. The zero-order valence-electron chi connectivity index (χ0n) is 5.31. The van der Waals surface area contributed by atoms with Crippen LogP contribution in [-0.2, 0) is 4.84 Å². The van der Waals surface area contributed by atoms with Crippen LogP contribution in [0.2, 0.25) is 0 Å². The monoisotopic (exact) mass is 115 g/mol. The summed E-state index contributed by atoms with van der Waals surface area (Å²) in [5.41, 5.74) is 0.597. The van der Waals surface area contributed by atoms with Crippen LogP contribution in [0.5, 0.6) is 0 Å². The molecule has 0 aromatic rings. The molecule has 2 N–H and O–H groups in total. The Morgan fingerprint density at radius 2 is 2.25 bits per heavy atom. The molecule has 0 unspecified atom stereocenters. The largest absolute Gasteiger partial charge is 0.305 e. The van der Waals surface area contributed by atoms with E-state index in [-0.39, 0.29) is 0 Å². The van der Waals surface area contributed by atoms with Gasteiger partial charge in [0.2, 0.25) is 0 Å². The van der Waals surface area contributed by atoms with Gasteiger partial charge in [-0.25, -0.2) is 5.90 Å². The first-order chi connectivity index (χ1) is 3.77. The molecule has 0 bridgehead atoms. The van der Waals surface area contributed by atoms with Gasteiger partial charge in [0.15, 0.2) is 0 Å². The first-order valence-corrected chi connectivity index (χ1v) is 3.09. The third-order valence-corrected chi connectivity index (χ3v) is 1.93. The third-order valence-electron chi connectivity index (χ3n) is 1.93. The van der Waals surface area contributed by atoms with E-state index >= 15 is 0 Å². The number of rotatable bonds is 3. The molecule has 0 spiro atoms. The lowest BCUT2D eigenvalue weighted by atomic mass is 10.1. The van der Waals surface area contributed by atoms with E-state index in [0.717, 1.165) is 13.0 Å². The minimum absolute atomic E-state index is 0.597. The Labute approximate surface area is 50.0 Å². The fourth-order valence-corrected chi connectivity index (χ4v) is 0.769. The van der Waals surface area contributed by atoms with Gasteiger partial charge in [-0.05, 0) is 24.7 Å². The smallest absolute Gasteiger partial charge is 0.0684 e. The fourth-order valence-electron chi connectivity index (χ4n) is 0.769. The van der Waals surface area contributed by atoms with Gasteiger partial charge in [-0.2, -0.15) is 0 Å². The molecular formula is C6H13NO. The number of nitrogens with two attached hydrogens (primary N) is 1. The van der Waals surface area contributed by atoms with Crippen LogP contribution >= 0.6 is 0 Å². The Bertz CT molecular complexity index is 78.6. The van der Waals surface area contributed by atoms with Crippen molar-refractivity contribution in [1.29, 1.82) is 0 Å². The summed E-state index contributed by atoms with van der Waals surface area (Å²) in [4.78, 5) is 4.46. The molecule has 1 saturated carbocycles. The molecule has 1 aliphatic carbocycles. The van der Waals surface area contributed by atoms with Gasteiger partial charge in [-0.1, -0.05) is 6.92 Å². The first kappa shape index (κ1) is 6.05. The first-order valence-electron chi connectivity index (χ1n) is 3.09. The zero-order chi connectivity index (χ0) is 6.04. The molecule has 0 amide bonds. The fraction of sp³-hybridized carbons (Fsp3) is 1.00. The van der Waals surface area contributed by atoms with Crippen molar-refractivity contribution < 1.29 is 4.84 Å². The predicted molar refractivity (Wildman–Crippen MR) is 32.1 cm³/mol. The number of hydrogen-bond acceptors (Lipinski definition) is 2. The Kier molecular flexibility index (Phi) is 1.54. The van der Waals surface area contributed by atoms with E-state index in [2.05, 4.69) is 11.8 Å². The van der Waals surface area contributed by atoms with Gasteiger partial charge in [0, 0.05) is 0 Å². The highest BCUT2D eigenvalue weighted by Gasteiger charge is 2.36. The third kappa shape index (κ3) is 1.46. The molecule has 1 aliphatic rings. The van der Waals surface area contributed by atoms with Gasteiger partial charge in [0.1, 0.15) is 0 Å². The van der Waals surface area contributed by atoms with Crippen molar-refractivity contribution in [2.24, 2.45) is 11.3 Å².